The topological polar surface area (TPSA) is 46.1 Å². The van der Waals surface area contributed by atoms with Crippen LogP contribution in [-0.4, -0.2) is 32.1 Å². The third-order valence-electron chi connectivity index (χ3n) is 1.14. The van der Waals surface area contributed by atoms with E-state index in [1.54, 1.807) is 24.3 Å². The summed E-state index contributed by atoms with van der Waals surface area (Å²) in [5, 5.41) is 0. The second-order valence-electron chi connectivity index (χ2n) is 2.66. The van der Waals surface area contributed by atoms with E-state index in [9.17, 15) is 9.11 Å². The Kier molecular flexibility index (Phi) is 19.8. The van der Waals surface area contributed by atoms with Crippen LogP contribution in [0.5, 0.6) is 0 Å². The lowest BCUT2D eigenvalue weighted by Crippen LogP contribution is -1.97. The molecule has 0 aromatic rings. The Morgan fingerprint density at radius 2 is 1.06 bits per heavy atom. The zero-order valence-electron chi connectivity index (χ0n) is 10.4. The van der Waals surface area contributed by atoms with Crippen LogP contribution in [0.25, 0.3) is 0 Å². The minimum atomic E-state index is -0.793. The minimum Gasteiger partial charge on any atom is -0.605 e. The molecule has 6 heteroatoms. The highest BCUT2D eigenvalue weighted by Crippen LogP contribution is 2.12. The fourth-order valence-electron chi connectivity index (χ4n) is 0.537. The molecule has 104 valence electrons. The van der Waals surface area contributed by atoms with Gasteiger partial charge in [-0.15, -0.1) is 13.2 Å². The Morgan fingerprint density at radius 1 is 0.722 bits per heavy atom. The third kappa shape index (κ3) is 18.6. The molecule has 2 nitrogen and oxygen atoms in total. The molecule has 18 heavy (non-hydrogen) atoms. The lowest BCUT2D eigenvalue weighted by molar-refractivity contribution is 0.611. The van der Waals surface area contributed by atoms with Crippen LogP contribution < -0.4 is 0 Å². The molecule has 0 amide bonds. The predicted octanol–water partition coefficient (Wildman–Crippen LogP) is 3.51. The molecular formula is C12H20O2S4. The van der Waals surface area contributed by atoms with Crippen molar-refractivity contribution >= 4 is 42.0 Å². The molecule has 0 bridgehead atoms. The monoisotopic (exact) mass is 324 g/mol. The van der Waals surface area contributed by atoms with Crippen LogP contribution in [0.1, 0.15) is 0 Å². The van der Waals surface area contributed by atoms with Gasteiger partial charge in [0.2, 0.25) is 0 Å². The molecule has 0 saturated heterocycles. The first-order valence-electron chi connectivity index (χ1n) is 5.09. The highest BCUT2D eigenvalue weighted by Gasteiger charge is 2.01. The minimum absolute atomic E-state index is 0.568. The predicted molar refractivity (Wildman–Crippen MR) is 91.7 cm³/mol. The van der Waals surface area contributed by atoms with Gasteiger partial charge in [-0.25, -0.2) is 0 Å². The van der Waals surface area contributed by atoms with E-state index in [0.29, 0.717) is 11.5 Å². The second kappa shape index (κ2) is 17.3. The van der Waals surface area contributed by atoms with Gasteiger partial charge in [0.15, 0.2) is 0 Å². The standard InChI is InChI=1S/2C6H10OS2/c2*1-3-5-8-9(7)6-4-2/h2*3-4H,1-2,5-6H2. The SMILES string of the molecule is C=CCS[S+]([O-])CC=C.C=CCS[S+]([O-])CC=C. The van der Waals surface area contributed by atoms with E-state index < -0.39 is 20.4 Å². The fourth-order valence-corrected chi connectivity index (χ4v) is 4.25. The molecule has 0 aromatic carbocycles. The molecule has 0 aromatic heterocycles. The van der Waals surface area contributed by atoms with Gasteiger partial charge in [0.25, 0.3) is 0 Å². The average Bonchev–Trinajstić information content (AvgIpc) is 2.35. The van der Waals surface area contributed by atoms with Crippen LogP contribution >= 0.6 is 21.6 Å². The van der Waals surface area contributed by atoms with Gasteiger partial charge in [-0.2, -0.15) is 0 Å². The molecule has 0 saturated carbocycles. The van der Waals surface area contributed by atoms with E-state index in [4.69, 9.17) is 0 Å². The smallest absolute Gasteiger partial charge is 0.135 e. The van der Waals surface area contributed by atoms with Crippen molar-refractivity contribution < 1.29 is 9.11 Å². The van der Waals surface area contributed by atoms with E-state index in [0.717, 1.165) is 11.5 Å². The Balaban J connectivity index is 0. The molecule has 0 rings (SSSR count). The van der Waals surface area contributed by atoms with Gasteiger partial charge in [-0.1, -0.05) is 25.3 Å². The highest BCUT2D eigenvalue weighted by atomic mass is 33.1. The molecule has 0 aliphatic carbocycles. The summed E-state index contributed by atoms with van der Waals surface area (Å²) in [6, 6.07) is 0. The summed E-state index contributed by atoms with van der Waals surface area (Å²) in [4.78, 5) is 0. The lowest BCUT2D eigenvalue weighted by Gasteiger charge is -2.02. The van der Waals surface area contributed by atoms with Gasteiger partial charge < -0.3 is 9.11 Å². The number of hydrogen-bond acceptors (Lipinski definition) is 4. The first-order chi connectivity index (χ1) is 8.62. The molecule has 0 aliphatic heterocycles. The van der Waals surface area contributed by atoms with Gasteiger partial charge in [-0.3, -0.25) is 0 Å². The number of hydrogen-bond donors (Lipinski definition) is 0. The molecule has 0 spiro atoms. The zero-order valence-corrected chi connectivity index (χ0v) is 13.7. The summed E-state index contributed by atoms with van der Waals surface area (Å²) in [5.74, 6) is 2.64. The van der Waals surface area contributed by atoms with Crippen molar-refractivity contribution in [1.82, 2.24) is 0 Å². The Labute approximate surface area is 124 Å². The van der Waals surface area contributed by atoms with Gasteiger partial charge >= 0.3 is 0 Å². The van der Waals surface area contributed by atoms with E-state index in [2.05, 4.69) is 26.3 Å². The first kappa shape index (κ1) is 20.6. The van der Waals surface area contributed by atoms with Crippen molar-refractivity contribution in [2.24, 2.45) is 0 Å². The van der Waals surface area contributed by atoms with Crippen LogP contribution in [-0.2, 0) is 20.4 Å². The highest BCUT2D eigenvalue weighted by molar-refractivity contribution is 8.72. The third-order valence-corrected chi connectivity index (χ3v) is 6.64. The van der Waals surface area contributed by atoms with Gasteiger partial charge in [0.05, 0.1) is 33.1 Å². The van der Waals surface area contributed by atoms with Crippen LogP contribution in [0.15, 0.2) is 50.6 Å². The Morgan fingerprint density at radius 3 is 1.28 bits per heavy atom. The summed E-state index contributed by atoms with van der Waals surface area (Å²) >= 11 is 0. The van der Waals surface area contributed by atoms with E-state index in [-0.39, 0.29) is 0 Å². The molecule has 0 N–H and O–H groups in total. The normalized spacial score (nSPS) is 12.6. The molecule has 0 radical (unpaired) electrons. The van der Waals surface area contributed by atoms with Crippen LogP contribution in [0.2, 0.25) is 0 Å². The Bertz CT molecular complexity index is 210. The van der Waals surface area contributed by atoms with Crippen molar-refractivity contribution in [3.63, 3.8) is 0 Å². The van der Waals surface area contributed by atoms with Crippen molar-refractivity contribution in [2.45, 2.75) is 0 Å². The quantitative estimate of drug-likeness (QED) is 0.350. The lowest BCUT2D eigenvalue weighted by atomic mass is 10.8. The summed E-state index contributed by atoms with van der Waals surface area (Å²) in [5.41, 5.74) is 0. The Hall–Kier alpha value is 0.280. The van der Waals surface area contributed by atoms with Gasteiger partial charge in [0, 0.05) is 20.4 Å². The van der Waals surface area contributed by atoms with Crippen LogP contribution in [0.4, 0.5) is 0 Å². The van der Waals surface area contributed by atoms with E-state index in [1.807, 2.05) is 0 Å². The van der Waals surface area contributed by atoms with E-state index >= 15 is 0 Å². The summed E-state index contributed by atoms with van der Waals surface area (Å²) < 4.78 is 21.5. The average molecular weight is 325 g/mol. The second-order valence-corrected chi connectivity index (χ2v) is 9.33. The first-order valence-corrected chi connectivity index (χ1v) is 10.7. The van der Waals surface area contributed by atoms with Gasteiger partial charge in [0.1, 0.15) is 11.5 Å². The molecule has 0 fully saturated rings. The molecular weight excluding hydrogens is 304 g/mol. The van der Waals surface area contributed by atoms with Crippen molar-refractivity contribution in [3.05, 3.63) is 50.6 Å². The maximum atomic E-state index is 10.8. The molecule has 0 heterocycles. The van der Waals surface area contributed by atoms with E-state index in [1.165, 1.54) is 21.6 Å². The maximum Gasteiger partial charge on any atom is 0.135 e. The largest absolute Gasteiger partial charge is 0.605 e. The number of rotatable bonds is 10. The van der Waals surface area contributed by atoms with Crippen LogP contribution in [0, 0.1) is 0 Å². The molecule has 0 aliphatic rings. The maximum absolute atomic E-state index is 10.8. The van der Waals surface area contributed by atoms with Crippen LogP contribution in [0.3, 0.4) is 0 Å². The summed E-state index contributed by atoms with van der Waals surface area (Å²) in [6.45, 7) is 14.0. The summed E-state index contributed by atoms with van der Waals surface area (Å²) in [6.07, 6.45) is 6.80. The zero-order chi connectivity index (χ0) is 14.2. The molecule has 2 unspecified atom stereocenters. The van der Waals surface area contributed by atoms with Crippen molar-refractivity contribution in [3.8, 4) is 0 Å². The molecule has 2 atom stereocenters. The van der Waals surface area contributed by atoms with Gasteiger partial charge in [-0.05, 0) is 12.2 Å². The van der Waals surface area contributed by atoms with Crippen molar-refractivity contribution in [2.75, 3.05) is 23.0 Å². The summed E-state index contributed by atoms with van der Waals surface area (Å²) in [7, 11) is 1.18. The van der Waals surface area contributed by atoms with Crippen molar-refractivity contribution in [1.29, 1.82) is 0 Å². The fraction of sp³-hybridized carbons (Fsp3) is 0.333.